The molecule has 0 aliphatic carbocycles. The molecule has 0 saturated heterocycles. The Hall–Kier alpha value is -1.89. The zero-order chi connectivity index (χ0) is 101. The highest BCUT2D eigenvalue weighted by molar-refractivity contribution is 7.42. The summed E-state index contributed by atoms with van der Waals surface area (Å²) in [7, 11) is -4.98. The second-order valence-electron chi connectivity index (χ2n) is 46.5. The van der Waals surface area contributed by atoms with Gasteiger partial charge >= 0.3 is 25.8 Å². The van der Waals surface area contributed by atoms with Crippen molar-refractivity contribution >= 4 is 25.8 Å². The Bertz CT molecular complexity index is 2990. The van der Waals surface area contributed by atoms with Crippen molar-refractivity contribution < 1.29 is 40.7 Å². The van der Waals surface area contributed by atoms with Gasteiger partial charge in [-0.2, -0.15) is 0 Å². The van der Waals surface area contributed by atoms with Crippen LogP contribution in [0.2, 0.25) is 0 Å². The van der Waals surface area contributed by atoms with Crippen molar-refractivity contribution in [3.05, 3.63) is 86.5 Å². The minimum Gasteiger partial charge on any atom is -0.426 e. The summed E-state index contributed by atoms with van der Waals surface area (Å²) in [5, 5.41) is 0. The van der Waals surface area contributed by atoms with Crippen molar-refractivity contribution in [1.82, 2.24) is 0 Å². The standard InChI is InChI=1S/C127H235O9P3/c1-20-26-32-38-44-50-56-62-68-74-80-86-92-98-128-137(129-99-93-87-81-75-69-63-57-51-45-39-33-27-21-2)134-122-105-112(8)115(108-119(122)125(11,12)13)111(7)104-118(116-109-120(126(14,15)16)123(106-113(116)9)135-138(130-100-94-88-82-76-70-64-58-52-46-40-34-28-22-3)131-101-95-89-83-77-71-65-59-53-47-41-35-29-23-4)117-110-121(127(17,18)19)124(107-114(117)10)136-139(132-102-96-90-84-78-72-66-60-54-48-42-36-30-24-5)133-103-97-91-85-79-73-67-61-55-49-43-37-31-25-6/h105-111,118H,20-104H2,1-19H3. The summed E-state index contributed by atoms with van der Waals surface area (Å²) in [6, 6.07) is 14.7. The molecule has 0 radical (unpaired) electrons. The first kappa shape index (κ1) is 131. The summed E-state index contributed by atoms with van der Waals surface area (Å²) < 4.78 is 63.2. The molecule has 1 unspecified atom stereocenters. The Kier molecular flexibility index (Phi) is 84.0. The van der Waals surface area contributed by atoms with Crippen LogP contribution >= 0.6 is 25.8 Å². The van der Waals surface area contributed by atoms with Gasteiger partial charge in [-0.1, -0.05) is 591 Å². The van der Waals surface area contributed by atoms with Crippen LogP contribution in [-0.4, -0.2) is 39.6 Å². The Morgan fingerprint density at radius 2 is 0.331 bits per heavy atom. The van der Waals surface area contributed by atoms with Crippen molar-refractivity contribution in [3.8, 4) is 17.2 Å². The van der Waals surface area contributed by atoms with Gasteiger partial charge in [0.05, 0.1) is 39.6 Å². The third kappa shape index (κ3) is 69.2. The van der Waals surface area contributed by atoms with Crippen LogP contribution in [0, 0.1) is 20.8 Å². The Morgan fingerprint density at radius 1 is 0.194 bits per heavy atom. The molecule has 139 heavy (non-hydrogen) atoms. The van der Waals surface area contributed by atoms with E-state index in [1.807, 2.05) is 0 Å². The normalized spacial score (nSPS) is 12.5. The summed E-state index contributed by atoms with van der Waals surface area (Å²) in [6.45, 7) is 48.6. The van der Waals surface area contributed by atoms with Crippen molar-refractivity contribution in [2.24, 2.45) is 0 Å². The Morgan fingerprint density at radius 3 is 0.482 bits per heavy atom. The molecule has 0 saturated carbocycles. The summed E-state index contributed by atoms with van der Waals surface area (Å²) in [6.07, 6.45) is 104. The molecule has 9 nitrogen and oxygen atoms in total. The van der Waals surface area contributed by atoms with E-state index in [0.717, 1.165) is 62.2 Å². The molecular weight excluding hydrogens is 1760 g/mol. The van der Waals surface area contributed by atoms with E-state index in [-0.39, 0.29) is 28.1 Å². The SMILES string of the molecule is CCCCCCCCCCCCCCCOP(OCCCCCCCCCCCCCCC)Oc1cc(C)c(C(C)CC(c2cc(C(C)(C)C)c(OP(OCCCCCCCCCCCCCCC)OCCCCCCCCCCCCCCC)cc2C)c2cc(C(C)(C)C)c(OP(OCCCCCCCCCCCCCCC)OCCCCCCCCCCCCCCC)cc2C)cc1C(C)(C)C. The lowest BCUT2D eigenvalue weighted by molar-refractivity contribution is 0.197. The van der Waals surface area contributed by atoms with Crippen molar-refractivity contribution in [2.45, 2.75) is 667 Å². The molecule has 0 amide bonds. The summed E-state index contributed by atoms with van der Waals surface area (Å²) in [5.41, 5.74) is 10.5. The van der Waals surface area contributed by atoms with Crippen LogP contribution in [0.5, 0.6) is 17.2 Å². The molecule has 12 heteroatoms. The highest BCUT2D eigenvalue weighted by Gasteiger charge is 2.34. The predicted molar refractivity (Wildman–Crippen MR) is 617 cm³/mol. The lowest BCUT2D eigenvalue weighted by atomic mass is 9.74. The van der Waals surface area contributed by atoms with Gasteiger partial charge in [-0.3, -0.25) is 0 Å². The van der Waals surface area contributed by atoms with Crippen LogP contribution in [-0.2, 0) is 43.4 Å². The average molecular weight is 2000 g/mol. The molecule has 0 spiro atoms. The predicted octanol–water partition coefficient (Wildman–Crippen LogP) is 46.3. The summed E-state index contributed by atoms with van der Waals surface area (Å²) in [5.74, 6) is 2.78. The van der Waals surface area contributed by atoms with Crippen LogP contribution < -0.4 is 13.6 Å². The zero-order valence-corrected chi connectivity index (χ0v) is 98.9. The summed E-state index contributed by atoms with van der Waals surface area (Å²) in [4.78, 5) is 0. The van der Waals surface area contributed by atoms with Crippen LogP contribution in [0.15, 0.2) is 36.4 Å². The molecule has 0 aliphatic heterocycles. The van der Waals surface area contributed by atoms with Crippen molar-refractivity contribution in [1.29, 1.82) is 0 Å². The molecule has 0 N–H and O–H groups in total. The van der Waals surface area contributed by atoms with E-state index >= 15 is 0 Å². The fraction of sp³-hybridized carbons (Fsp3) is 0.858. The van der Waals surface area contributed by atoms with E-state index < -0.39 is 25.8 Å². The van der Waals surface area contributed by atoms with E-state index in [0.29, 0.717) is 39.6 Å². The number of unbranched alkanes of at least 4 members (excludes halogenated alkanes) is 72. The smallest absolute Gasteiger partial charge is 0.397 e. The quantitative estimate of drug-likeness (QED) is 0.0405. The number of benzene rings is 3. The first-order chi connectivity index (χ1) is 67.5. The minimum atomic E-state index is -1.67. The third-order valence-corrected chi connectivity index (χ3v) is 33.0. The second-order valence-corrected chi connectivity index (χ2v) is 49.9. The van der Waals surface area contributed by atoms with Gasteiger partial charge in [0.2, 0.25) is 0 Å². The van der Waals surface area contributed by atoms with Gasteiger partial charge in [-0.05, 0) is 139 Å². The number of hydrogen-bond acceptors (Lipinski definition) is 9. The zero-order valence-electron chi connectivity index (χ0n) is 96.2. The summed E-state index contributed by atoms with van der Waals surface area (Å²) >= 11 is 0. The van der Waals surface area contributed by atoms with Crippen LogP contribution in [0.3, 0.4) is 0 Å². The molecule has 0 fully saturated rings. The van der Waals surface area contributed by atoms with Gasteiger partial charge < -0.3 is 40.7 Å². The first-order valence-corrected chi connectivity index (χ1v) is 64.5. The molecule has 1 atom stereocenters. The molecule has 3 rings (SSSR count). The van der Waals surface area contributed by atoms with E-state index in [1.165, 1.54) is 512 Å². The molecule has 812 valence electrons. The largest absolute Gasteiger partial charge is 0.426 e. The molecule has 3 aromatic rings. The first-order valence-electron chi connectivity index (χ1n) is 61.2. The molecular formula is C127H235O9P3. The number of aryl methyl sites for hydroxylation is 3. The van der Waals surface area contributed by atoms with Crippen molar-refractivity contribution in [3.63, 3.8) is 0 Å². The number of rotatable bonds is 101. The van der Waals surface area contributed by atoms with Gasteiger partial charge in [-0.15, -0.1) is 0 Å². The van der Waals surface area contributed by atoms with E-state index in [4.69, 9.17) is 40.7 Å². The maximum absolute atomic E-state index is 7.35. The number of hydrogen-bond donors (Lipinski definition) is 0. The molecule has 0 aromatic heterocycles. The third-order valence-electron chi connectivity index (χ3n) is 29.6. The van der Waals surface area contributed by atoms with Crippen LogP contribution in [0.4, 0.5) is 0 Å². The molecule has 0 heterocycles. The maximum atomic E-state index is 7.35. The van der Waals surface area contributed by atoms with Gasteiger partial charge in [-0.25, -0.2) is 0 Å². The minimum absolute atomic E-state index is 0.0150. The van der Waals surface area contributed by atoms with Crippen LogP contribution in [0.1, 0.15) is 680 Å². The average Bonchev–Trinajstić information content (AvgIpc) is 0.757. The topological polar surface area (TPSA) is 83.1 Å². The maximum Gasteiger partial charge on any atom is 0.397 e. The van der Waals surface area contributed by atoms with E-state index in [2.05, 4.69) is 168 Å². The molecule has 3 aromatic carbocycles. The Balaban J connectivity index is 2.20. The van der Waals surface area contributed by atoms with E-state index in [9.17, 15) is 0 Å². The Labute approximate surface area is 871 Å². The highest BCUT2D eigenvalue weighted by atomic mass is 31.2. The van der Waals surface area contributed by atoms with Gasteiger partial charge in [0, 0.05) is 22.6 Å². The van der Waals surface area contributed by atoms with E-state index in [1.54, 1.807) is 0 Å². The fourth-order valence-electron chi connectivity index (χ4n) is 20.3. The van der Waals surface area contributed by atoms with Gasteiger partial charge in [0.25, 0.3) is 0 Å². The lowest BCUT2D eigenvalue weighted by Gasteiger charge is -2.33. The fourth-order valence-corrected chi connectivity index (χ4v) is 23.5. The lowest BCUT2D eigenvalue weighted by Crippen LogP contribution is -2.19. The second kappa shape index (κ2) is 89.0. The van der Waals surface area contributed by atoms with Crippen molar-refractivity contribution in [2.75, 3.05) is 39.6 Å². The monoisotopic (exact) mass is 2000 g/mol. The highest BCUT2D eigenvalue weighted by Crippen LogP contribution is 2.53. The van der Waals surface area contributed by atoms with Gasteiger partial charge in [0.15, 0.2) is 0 Å². The molecule has 0 aliphatic rings. The van der Waals surface area contributed by atoms with Crippen LogP contribution in [0.25, 0.3) is 0 Å². The molecule has 0 bridgehead atoms. The van der Waals surface area contributed by atoms with Gasteiger partial charge in [0.1, 0.15) is 17.2 Å².